The second-order valence-corrected chi connectivity index (χ2v) is 3.68. The Balaban J connectivity index is 2.47. The van der Waals surface area contributed by atoms with Gasteiger partial charge >= 0.3 is 0 Å². The van der Waals surface area contributed by atoms with Crippen molar-refractivity contribution in [3.63, 3.8) is 0 Å². The van der Waals surface area contributed by atoms with E-state index in [2.05, 4.69) is 40.0 Å². The van der Waals surface area contributed by atoms with Gasteiger partial charge in [-0.2, -0.15) is 0 Å². The molecule has 0 unspecified atom stereocenters. The van der Waals surface area contributed by atoms with E-state index in [4.69, 9.17) is 0 Å². The minimum atomic E-state index is 0.963. The fraction of sp³-hybridized carbons (Fsp3) is 0.417. The van der Waals surface area contributed by atoms with Crippen molar-refractivity contribution in [1.82, 2.24) is 9.55 Å². The maximum absolute atomic E-state index is 4.54. The second kappa shape index (κ2) is 4.34. The van der Waals surface area contributed by atoms with Crippen LogP contribution in [-0.4, -0.2) is 16.6 Å². The van der Waals surface area contributed by atoms with Gasteiger partial charge in [0.05, 0.1) is 11.0 Å². The predicted molar refractivity (Wildman–Crippen MR) is 64.2 cm³/mol. The molecule has 15 heavy (non-hydrogen) atoms. The Morgan fingerprint density at radius 1 is 1.33 bits per heavy atom. The molecule has 2 aromatic rings. The first kappa shape index (κ1) is 10.0. The van der Waals surface area contributed by atoms with E-state index in [9.17, 15) is 0 Å². The Bertz CT molecular complexity index is 445. The zero-order chi connectivity index (χ0) is 10.7. The first-order chi connectivity index (χ1) is 7.36. The zero-order valence-corrected chi connectivity index (χ0v) is 9.33. The highest BCUT2D eigenvalue weighted by molar-refractivity contribution is 5.78. The van der Waals surface area contributed by atoms with Crippen LogP contribution in [0.5, 0.6) is 0 Å². The van der Waals surface area contributed by atoms with Crippen molar-refractivity contribution in [3.05, 3.63) is 24.3 Å². The van der Waals surface area contributed by atoms with E-state index in [1.54, 1.807) is 0 Å². The fourth-order valence-electron chi connectivity index (χ4n) is 1.81. The molecule has 3 nitrogen and oxygen atoms in total. The summed E-state index contributed by atoms with van der Waals surface area (Å²) >= 11 is 0. The van der Waals surface area contributed by atoms with Crippen LogP contribution in [0.25, 0.3) is 11.0 Å². The highest BCUT2D eigenvalue weighted by atomic mass is 15.2. The molecule has 1 N–H and O–H groups in total. The number of nitrogens with zero attached hydrogens (tertiary/aromatic N) is 2. The second-order valence-electron chi connectivity index (χ2n) is 3.68. The molecule has 0 spiro atoms. The molecule has 0 bridgehead atoms. The monoisotopic (exact) mass is 203 g/mol. The number of imidazole rings is 1. The Hall–Kier alpha value is -1.51. The Kier molecular flexibility index (Phi) is 2.90. The quantitative estimate of drug-likeness (QED) is 0.828. The summed E-state index contributed by atoms with van der Waals surface area (Å²) in [7, 11) is 1.92. The molecule has 1 heterocycles. The van der Waals surface area contributed by atoms with Crippen LogP contribution in [0, 0.1) is 0 Å². The van der Waals surface area contributed by atoms with Gasteiger partial charge in [-0.1, -0.05) is 25.5 Å². The molecule has 1 aromatic heterocycles. The summed E-state index contributed by atoms with van der Waals surface area (Å²) in [6.07, 6.45) is 2.39. The molecular weight excluding hydrogens is 186 g/mol. The normalized spacial score (nSPS) is 10.8. The molecule has 0 amide bonds. The number of benzene rings is 1. The van der Waals surface area contributed by atoms with Crippen molar-refractivity contribution in [1.29, 1.82) is 0 Å². The smallest absolute Gasteiger partial charge is 0.203 e. The van der Waals surface area contributed by atoms with Gasteiger partial charge in [-0.15, -0.1) is 0 Å². The van der Waals surface area contributed by atoms with Crippen LogP contribution in [0.1, 0.15) is 19.8 Å². The largest absolute Gasteiger partial charge is 0.359 e. The first-order valence-electron chi connectivity index (χ1n) is 5.50. The van der Waals surface area contributed by atoms with Gasteiger partial charge in [-0.05, 0) is 18.6 Å². The van der Waals surface area contributed by atoms with Crippen LogP contribution in [0.4, 0.5) is 5.95 Å². The summed E-state index contributed by atoms with van der Waals surface area (Å²) in [6.45, 7) is 3.24. The molecular formula is C12H17N3. The van der Waals surface area contributed by atoms with Crippen molar-refractivity contribution in [2.45, 2.75) is 26.3 Å². The van der Waals surface area contributed by atoms with E-state index in [1.165, 1.54) is 18.4 Å². The minimum Gasteiger partial charge on any atom is -0.359 e. The average Bonchev–Trinajstić information content (AvgIpc) is 2.64. The minimum absolute atomic E-state index is 0.963. The average molecular weight is 203 g/mol. The third-order valence-electron chi connectivity index (χ3n) is 2.61. The summed E-state index contributed by atoms with van der Waals surface area (Å²) in [5.74, 6) is 0.963. The van der Waals surface area contributed by atoms with E-state index in [1.807, 2.05) is 13.1 Å². The lowest BCUT2D eigenvalue weighted by molar-refractivity contribution is 0.651. The van der Waals surface area contributed by atoms with Crippen LogP contribution >= 0.6 is 0 Å². The first-order valence-corrected chi connectivity index (χ1v) is 5.50. The number of aryl methyl sites for hydroxylation is 1. The van der Waals surface area contributed by atoms with Crippen molar-refractivity contribution in [3.8, 4) is 0 Å². The van der Waals surface area contributed by atoms with Gasteiger partial charge in [0.15, 0.2) is 0 Å². The topological polar surface area (TPSA) is 29.9 Å². The summed E-state index contributed by atoms with van der Waals surface area (Å²) in [6, 6.07) is 8.27. The molecule has 1 aromatic carbocycles. The molecule has 0 aliphatic carbocycles. The van der Waals surface area contributed by atoms with Crippen LogP contribution < -0.4 is 5.32 Å². The van der Waals surface area contributed by atoms with Crippen LogP contribution in [0.15, 0.2) is 24.3 Å². The van der Waals surface area contributed by atoms with Gasteiger partial charge in [-0.25, -0.2) is 4.98 Å². The third kappa shape index (κ3) is 1.82. The fourth-order valence-corrected chi connectivity index (χ4v) is 1.81. The molecule has 2 rings (SSSR count). The molecule has 0 saturated carbocycles. The molecule has 0 atom stereocenters. The van der Waals surface area contributed by atoms with Crippen LogP contribution in [0.2, 0.25) is 0 Å². The number of unbranched alkanes of at least 4 members (excludes halogenated alkanes) is 1. The SMILES string of the molecule is CCCCn1c(NC)nc2ccccc21. The van der Waals surface area contributed by atoms with E-state index in [0.29, 0.717) is 0 Å². The van der Waals surface area contributed by atoms with Crippen molar-refractivity contribution in [2.75, 3.05) is 12.4 Å². The summed E-state index contributed by atoms with van der Waals surface area (Å²) < 4.78 is 2.25. The maximum Gasteiger partial charge on any atom is 0.203 e. The summed E-state index contributed by atoms with van der Waals surface area (Å²) in [4.78, 5) is 4.54. The highest BCUT2D eigenvalue weighted by Crippen LogP contribution is 2.19. The number of hydrogen-bond acceptors (Lipinski definition) is 2. The number of hydrogen-bond donors (Lipinski definition) is 1. The lowest BCUT2D eigenvalue weighted by Crippen LogP contribution is -2.03. The predicted octanol–water partition coefficient (Wildman–Crippen LogP) is 2.88. The molecule has 0 aliphatic rings. The zero-order valence-electron chi connectivity index (χ0n) is 9.33. The third-order valence-corrected chi connectivity index (χ3v) is 2.61. The van der Waals surface area contributed by atoms with Crippen molar-refractivity contribution >= 4 is 17.0 Å². The van der Waals surface area contributed by atoms with Gasteiger partial charge in [0.2, 0.25) is 5.95 Å². The molecule has 0 aliphatic heterocycles. The standard InChI is InChI=1S/C12H17N3/c1-3-4-9-15-11-8-6-5-7-10(11)14-12(15)13-2/h5-8H,3-4,9H2,1-2H3,(H,13,14). The summed E-state index contributed by atoms with van der Waals surface area (Å²) in [5.41, 5.74) is 2.29. The van der Waals surface area contributed by atoms with E-state index >= 15 is 0 Å². The van der Waals surface area contributed by atoms with E-state index < -0.39 is 0 Å². The number of nitrogens with one attached hydrogen (secondary N) is 1. The number of anilines is 1. The summed E-state index contributed by atoms with van der Waals surface area (Å²) in [5, 5.41) is 3.15. The van der Waals surface area contributed by atoms with Crippen LogP contribution in [-0.2, 0) is 6.54 Å². The number of para-hydroxylation sites is 2. The highest BCUT2D eigenvalue weighted by Gasteiger charge is 2.07. The molecule has 80 valence electrons. The Morgan fingerprint density at radius 3 is 2.87 bits per heavy atom. The molecule has 0 radical (unpaired) electrons. The Labute approximate surface area is 90.1 Å². The number of fused-ring (bicyclic) bond motifs is 1. The lowest BCUT2D eigenvalue weighted by atomic mass is 10.3. The van der Waals surface area contributed by atoms with Gasteiger partial charge < -0.3 is 9.88 Å². The van der Waals surface area contributed by atoms with E-state index in [0.717, 1.165) is 18.0 Å². The van der Waals surface area contributed by atoms with Crippen molar-refractivity contribution < 1.29 is 0 Å². The van der Waals surface area contributed by atoms with Crippen molar-refractivity contribution in [2.24, 2.45) is 0 Å². The van der Waals surface area contributed by atoms with Gasteiger partial charge in [-0.3, -0.25) is 0 Å². The Morgan fingerprint density at radius 2 is 2.13 bits per heavy atom. The molecule has 3 heteroatoms. The van der Waals surface area contributed by atoms with Gasteiger partial charge in [0.1, 0.15) is 0 Å². The van der Waals surface area contributed by atoms with Gasteiger partial charge in [0, 0.05) is 13.6 Å². The van der Waals surface area contributed by atoms with Crippen LogP contribution in [0.3, 0.4) is 0 Å². The van der Waals surface area contributed by atoms with Gasteiger partial charge in [0.25, 0.3) is 0 Å². The number of rotatable bonds is 4. The van der Waals surface area contributed by atoms with E-state index in [-0.39, 0.29) is 0 Å². The number of aromatic nitrogens is 2. The molecule has 0 saturated heterocycles. The maximum atomic E-state index is 4.54. The molecule has 0 fully saturated rings. The lowest BCUT2D eigenvalue weighted by Gasteiger charge is -2.06.